The van der Waals surface area contributed by atoms with Gasteiger partial charge in [-0.2, -0.15) is 12.7 Å². The van der Waals surface area contributed by atoms with E-state index in [1.54, 1.807) is 12.1 Å². The summed E-state index contributed by atoms with van der Waals surface area (Å²) >= 11 is 0. The van der Waals surface area contributed by atoms with Crippen LogP contribution in [0.3, 0.4) is 0 Å². The summed E-state index contributed by atoms with van der Waals surface area (Å²) in [6, 6.07) is 13.8. The Bertz CT molecular complexity index is 1450. The van der Waals surface area contributed by atoms with Crippen molar-refractivity contribution in [3.63, 3.8) is 0 Å². The number of hydrogen-bond acceptors (Lipinski definition) is 6. The smallest absolute Gasteiger partial charge is 0.264 e. The molecular weight excluding hydrogens is 494 g/mol. The molecule has 0 bridgehead atoms. The normalized spacial score (nSPS) is 14.6. The van der Waals surface area contributed by atoms with Crippen molar-refractivity contribution in [2.45, 2.75) is 30.8 Å². The van der Waals surface area contributed by atoms with Crippen LogP contribution in [-0.2, 0) is 44.4 Å². The van der Waals surface area contributed by atoms with Gasteiger partial charge in [-0.3, -0.25) is 9.35 Å². The van der Waals surface area contributed by atoms with Crippen LogP contribution in [0.15, 0.2) is 53.4 Å². The Morgan fingerprint density at radius 2 is 1.80 bits per heavy atom. The van der Waals surface area contributed by atoms with Gasteiger partial charge in [-0.05, 0) is 48.7 Å². The number of methoxy groups -OCH3 is 1. The van der Waals surface area contributed by atoms with Crippen molar-refractivity contribution in [1.82, 2.24) is 14.2 Å². The first-order chi connectivity index (χ1) is 16.6. The SMILES string of the molecule is COc1ccc(S(=O)(=O)N2CCc3c(n(CC(=O)NCCCS(=O)(=O)O)c4ccccc34)C2)cc1. The van der Waals surface area contributed by atoms with Crippen LogP contribution in [0.2, 0.25) is 0 Å². The van der Waals surface area contributed by atoms with E-state index in [9.17, 15) is 21.6 Å². The lowest BCUT2D eigenvalue weighted by atomic mass is 10.0. The van der Waals surface area contributed by atoms with Crippen LogP contribution in [0.4, 0.5) is 0 Å². The standard InChI is InChI=1S/C23H27N3O7S2/c1-33-17-7-9-18(10-8-17)35(31,32)25-13-11-20-19-5-2-3-6-21(19)26(22(20)15-25)16-23(27)24-12-4-14-34(28,29)30/h2-3,5-10H,4,11-16H2,1H3,(H,24,27)(H,28,29,30). The molecule has 2 N–H and O–H groups in total. The number of aromatic nitrogens is 1. The van der Waals surface area contributed by atoms with Crippen LogP contribution in [0.1, 0.15) is 17.7 Å². The summed E-state index contributed by atoms with van der Waals surface area (Å²) in [4.78, 5) is 12.8. The predicted molar refractivity (Wildman–Crippen MR) is 130 cm³/mol. The Hall–Kier alpha value is -2.93. The van der Waals surface area contributed by atoms with Crippen LogP contribution < -0.4 is 10.1 Å². The number of sulfonamides is 1. The molecule has 0 spiro atoms. The average Bonchev–Trinajstić information content (AvgIpc) is 3.14. The van der Waals surface area contributed by atoms with Crippen molar-refractivity contribution < 1.29 is 30.9 Å². The molecule has 0 saturated heterocycles. The van der Waals surface area contributed by atoms with Gasteiger partial charge < -0.3 is 14.6 Å². The highest BCUT2D eigenvalue weighted by Crippen LogP contribution is 2.33. The maximum absolute atomic E-state index is 13.3. The fourth-order valence-electron chi connectivity index (χ4n) is 4.33. The number of amides is 1. The summed E-state index contributed by atoms with van der Waals surface area (Å²) in [5.41, 5.74) is 2.60. The molecule has 1 aromatic heterocycles. The van der Waals surface area contributed by atoms with Gasteiger partial charge in [0.05, 0.1) is 24.3 Å². The van der Waals surface area contributed by atoms with Crippen molar-refractivity contribution >= 4 is 37.0 Å². The zero-order valence-electron chi connectivity index (χ0n) is 19.2. The molecule has 1 aliphatic rings. The van der Waals surface area contributed by atoms with Crippen LogP contribution in [0, 0.1) is 0 Å². The molecule has 1 amide bonds. The first-order valence-corrected chi connectivity index (χ1v) is 14.1. The minimum Gasteiger partial charge on any atom is -0.497 e. The first kappa shape index (κ1) is 25.2. The second-order valence-corrected chi connectivity index (χ2v) is 11.8. The Labute approximate surface area is 204 Å². The zero-order chi connectivity index (χ0) is 25.2. The molecule has 0 aliphatic carbocycles. The maximum Gasteiger partial charge on any atom is 0.264 e. The van der Waals surface area contributed by atoms with Crippen molar-refractivity contribution in [2.24, 2.45) is 0 Å². The number of nitrogens with zero attached hydrogens (tertiary/aromatic N) is 2. The number of para-hydroxylation sites is 1. The topological polar surface area (TPSA) is 135 Å². The summed E-state index contributed by atoms with van der Waals surface area (Å²) in [5, 5.41) is 3.64. The number of rotatable bonds is 9. The third-order valence-corrected chi connectivity index (χ3v) is 8.70. The Morgan fingerprint density at radius 3 is 2.49 bits per heavy atom. The highest BCUT2D eigenvalue weighted by Gasteiger charge is 2.32. The molecule has 10 nitrogen and oxygen atoms in total. The number of ether oxygens (including phenoxy) is 1. The number of fused-ring (bicyclic) bond motifs is 3. The van der Waals surface area contributed by atoms with Gasteiger partial charge >= 0.3 is 0 Å². The minimum atomic E-state index is -4.09. The summed E-state index contributed by atoms with van der Waals surface area (Å²) in [7, 11) is -6.33. The van der Waals surface area contributed by atoms with E-state index in [0.717, 1.165) is 22.2 Å². The number of benzene rings is 2. The number of carbonyl (C=O) groups is 1. The van der Waals surface area contributed by atoms with E-state index in [0.29, 0.717) is 18.7 Å². The molecule has 1 aliphatic heterocycles. The molecule has 2 aromatic carbocycles. The van der Waals surface area contributed by atoms with Crippen LogP contribution in [-0.4, -0.2) is 62.1 Å². The molecular formula is C23H27N3O7S2. The highest BCUT2D eigenvalue weighted by atomic mass is 32.2. The van der Waals surface area contributed by atoms with E-state index < -0.39 is 25.9 Å². The van der Waals surface area contributed by atoms with Gasteiger partial charge in [0.25, 0.3) is 10.1 Å². The molecule has 0 fully saturated rings. The van der Waals surface area contributed by atoms with Gasteiger partial charge in [-0.25, -0.2) is 8.42 Å². The molecule has 0 radical (unpaired) electrons. The second-order valence-electron chi connectivity index (χ2n) is 8.28. The van der Waals surface area contributed by atoms with Gasteiger partial charge in [0.15, 0.2) is 0 Å². The molecule has 2 heterocycles. The third-order valence-electron chi connectivity index (χ3n) is 6.03. The minimum absolute atomic E-state index is 0.0435. The number of hydrogen-bond donors (Lipinski definition) is 2. The van der Waals surface area contributed by atoms with Gasteiger partial charge in [-0.15, -0.1) is 0 Å². The highest BCUT2D eigenvalue weighted by molar-refractivity contribution is 7.89. The van der Waals surface area contributed by atoms with Crippen molar-refractivity contribution in [1.29, 1.82) is 0 Å². The molecule has 188 valence electrons. The Morgan fingerprint density at radius 1 is 1.09 bits per heavy atom. The molecule has 12 heteroatoms. The lowest BCUT2D eigenvalue weighted by Crippen LogP contribution is -2.37. The Balaban J connectivity index is 1.58. The predicted octanol–water partition coefficient (Wildman–Crippen LogP) is 1.79. The van der Waals surface area contributed by atoms with E-state index in [4.69, 9.17) is 9.29 Å². The van der Waals surface area contributed by atoms with Crippen LogP contribution in [0.5, 0.6) is 5.75 Å². The number of carbonyl (C=O) groups excluding carboxylic acids is 1. The van der Waals surface area contributed by atoms with Gasteiger partial charge in [0, 0.05) is 29.7 Å². The van der Waals surface area contributed by atoms with Crippen LogP contribution in [0.25, 0.3) is 10.9 Å². The van der Waals surface area contributed by atoms with Gasteiger partial charge in [0.1, 0.15) is 12.3 Å². The van der Waals surface area contributed by atoms with Gasteiger partial charge in [-0.1, -0.05) is 18.2 Å². The number of nitrogens with one attached hydrogen (secondary N) is 1. The molecule has 0 atom stereocenters. The fraction of sp³-hybridized carbons (Fsp3) is 0.348. The molecule has 0 unspecified atom stereocenters. The average molecular weight is 522 g/mol. The lowest BCUT2D eigenvalue weighted by Gasteiger charge is -2.28. The van der Waals surface area contributed by atoms with E-state index in [1.165, 1.54) is 23.5 Å². The maximum atomic E-state index is 13.3. The molecule has 0 saturated carbocycles. The summed E-state index contributed by atoms with van der Waals surface area (Å²) in [5.74, 6) is -0.209. The first-order valence-electron chi connectivity index (χ1n) is 11.0. The fourth-order valence-corrected chi connectivity index (χ4v) is 6.25. The molecule has 3 aromatic rings. The van der Waals surface area contributed by atoms with E-state index >= 15 is 0 Å². The lowest BCUT2D eigenvalue weighted by molar-refractivity contribution is -0.121. The van der Waals surface area contributed by atoms with E-state index in [1.807, 2.05) is 28.8 Å². The monoisotopic (exact) mass is 521 g/mol. The van der Waals surface area contributed by atoms with Crippen molar-refractivity contribution in [2.75, 3.05) is 26.0 Å². The van der Waals surface area contributed by atoms with E-state index in [-0.39, 0.29) is 36.9 Å². The zero-order valence-corrected chi connectivity index (χ0v) is 20.8. The molecule has 4 rings (SSSR count). The van der Waals surface area contributed by atoms with Crippen molar-refractivity contribution in [3.05, 3.63) is 59.8 Å². The van der Waals surface area contributed by atoms with Gasteiger partial charge in [0.2, 0.25) is 15.9 Å². The summed E-state index contributed by atoms with van der Waals surface area (Å²) in [6.07, 6.45) is 0.594. The quantitative estimate of drug-likeness (QED) is 0.324. The Kier molecular flexibility index (Phi) is 7.17. The van der Waals surface area contributed by atoms with E-state index in [2.05, 4.69) is 5.32 Å². The summed E-state index contributed by atoms with van der Waals surface area (Å²) in [6.45, 7) is 0.488. The third kappa shape index (κ3) is 5.50. The van der Waals surface area contributed by atoms with Crippen LogP contribution >= 0.6 is 0 Å². The summed E-state index contributed by atoms with van der Waals surface area (Å²) < 4.78 is 65.6. The molecule has 35 heavy (non-hydrogen) atoms. The second kappa shape index (κ2) is 9.97. The van der Waals surface area contributed by atoms with Crippen molar-refractivity contribution in [3.8, 4) is 5.75 Å². The largest absolute Gasteiger partial charge is 0.497 e.